The molecule has 7 nitrogen and oxygen atoms in total. The number of aryl methyl sites for hydroxylation is 1. The Morgan fingerprint density at radius 1 is 1.10 bits per heavy atom. The van der Waals surface area contributed by atoms with E-state index in [2.05, 4.69) is 34.7 Å². The number of nitrogens with zero attached hydrogens (tertiary/aromatic N) is 3. The third-order valence-corrected chi connectivity index (χ3v) is 5.44. The van der Waals surface area contributed by atoms with Gasteiger partial charge >= 0.3 is 0 Å². The number of hydrogen-bond acceptors (Lipinski definition) is 4. The van der Waals surface area contributed by atoms with E-state index in [0.29, 0.717) is 25.3 Å². The maximum atomic E-state index is 12.9. The van der Waals surface area contributed by atoms with Crippen molar-refractivity contribution >= 4 is 11.8 Å². The van der Waals surface area contributed by atoms with Crippen molar-refractivity contribution in [1.29, 1.82) is 0 Å². The normalized spacial score (nSPS) is 13.1. The number of carbonyl (C=O) groups is 2. The average molecular weight is 418 g/mol. The zero-order chi connectivity index (χ0) is 21.8. The fourth-order valence-corrected chi connectivity index (χ4v) is 3.62. The molecule has 7 heteroatoms. The third kappa shape index (κ3) is 4.77. The lowest BCUT2D eigenvalue weighted by atomic mass is 10.1. The van der Waals surface area contributed by atoms with E-state index in [0.717, 1.165) is 23.4 Å². The van der Waals surface area contributed by atoms with Crippen molar-refractivity contribution in [3.8, 4) is 17.0 Å². The van der Waals surface area contributed by atoms with Crippen LogP contribution in [0.25, 0.3) is 11.3 Å². The molecule has 4 rings (SSSR count). The summed E-state index contributed by atoms with van der Waals surface area (Å²) in [5.74, 6) is 0.444. The van der Waals surface area contributed by atoms with Crippen LogP contribution in [0.5, 0.6) is 5.75 Å². The number of carbonyl (C=O) groups excluding carboxylic acids is 2. The standard InChI is InChI=1S/C24H26N4O3/c1-17-3-5-18(6-4-17)11-12-25-23(29)16-27-13-14-28-22(24(27)30)15-21(26-28)19-7-9-20(31-2)10-8-19/h3-10,15H,11-14,16H2,1-2H3,(H,25,29). The van der Waals surface area contributed by atoms with E-state index in [1.165, 1.54) is 11.1 Å². The molecule has 1 aromatic heterocycles. The SMILES string of the molecule is COc1ccc(-c2cc3n(n2)CCN(CC(=O)NCCc2ccc(C)cc2)C3=O)cc1. The molecule has 1 aliphatic heterocycles. The van der Waals surface area contributed by atoms with Crippen LogP contribution in [-0.4, -0.2) is 53.2 Å². The van der Waals surface area contributed by atoms with Gasteiger partial charge in [0.25, 0.3) is 5.91 Å². The highest BCUT2D eigenvalue weighted by molar-refractivity contribution is 5.96. The molecule has 0 fully saturated rings. The lowest BCUT2D eigenvalue weighted by Crippen LogP contribution is -2.46. The number of nitrogens with one attached hydrogen (secondary N) is 1. The summed E-state index contributed by atoms with van der Waals surface area (Å²) in [6, 6.07) is 17.6. The zero-order valence-corrected chi connectivity index (χ0v) is 17.8. The largest absolute Gasteiger partial charge is 0.497 e. The van der Waals surface area contributed by atoms with Crippen LogP contribution in [-0.2, 0) is 17.8 Å². The predicted molar refractivity (Wildman–Crippen MR) is 118 cm³/mol. The minimum Gasteiger partial charge on any atom is -0.497 e. The van der Waals surface area contributed by atoms with E-state index < -0.39 is 0 Å². The first-order valence-electron chi connectivity index (χ1n) is 10.4. The molecule has 0 radical (unpaired) electrons. The fraction of sp³-hybridized carbons (Fsp3) is 0.292. The van der Waals surface area contributed by atoms with Gasteiger partial charge < -0.3 is 15.0 Å². The predicted octanol–water partition coefficient (Wildman–Crippen LogP) is 2.68. The number of methoxy groups -OCH3 is 1. The van der Waals surface area contributed by atoms with Gasteiger partial charge in [0.2, 0.25) is 5.91 Å². The highest BCUT2D eigenvalue weighted by atomic mass is 16.5. The minimum absolute atomic E-state index is 0.0514. The fourth-order valence-electron chi connectivity index (χ4n) is 3.62. The Balaban J connectivity index is 1.34. The minimum atomic E-state index is -0.174. The van der Waals surface area contributed by atoms with E-state index >= 15 is 0 Å². The third-order valence-electron chi connectivity index (χ3n) is 5.44. The van der Waals surface area contributed by atoms with Gasteiger partial charge in [-0.25, -0.2) is 0 Å². The van der Waals surface area contributed by atoms with Crippen LogP contribution in [0.1, 0.15) is 21.6 Å². The van der Waals surface area contributed by atoms with Gasteiger partial charge in [0.05, 0.1) is 25.9 Å². The summed E-state index contributed by atoms with van der Waals surface area (Å²) in [6.45, 7) is 3.67. The Bertz CT molecular complexity index is 1070. The van der Waals surface area contributed by atoms with Crippen molar-refractivity contribution < 1.29 is 14.3 Å². The van der Waals surface area contributed by atoms with Crippen molar-refractivity contribution in [3.63, 3.8) is 0 Å². The van der Waals surface area contributed by atoms with E-state index in [-0.39, 0.29) is 18.4 Å². The zero-order valence-electron chi connectivity index (χ0n) is 17.8. The van der Waals surface area contributed by atoms with Gasteiger partial charge in [-0.1, -0.05) is 29.8 Å². The highest BCUT2D eigenvalue weighted by Crippen LogP contribution is 2.24. The van der Waals surface area contributed by atoms with Crippen molar-refractivity contribution in [2.24, 2.45) is 0 Å². The molecule has 0 spiro atoms. The van der Waals surface area contributed by atoms with E-state index in [1.54, 1.807) is 22.8 Å². The summed E-state index contributed by atoms with van der Waals surface area (Å²) >= 11 is 0. The maximum Gasteiger partial charge on any atom is 0.272 e. The summed E-state index contributed by atoms with van der Waals surface area (Å²) < 4.78 is 6.90. The molecule has 0 saturated carbocycles. The van der Waals surface area contributed by atoms with Crippen molar-refractivity contribution in [1.82, 2.24) is 20.0 Å². The van der Waals surface area contributed by atoms with Crippen LogP contribution < -0.4 is 10.1 Å². The van der Waals surface area contributed by atoms with Gasteiger partial charge in [0, 0.05) is 18.7 Å². The molecule has 0 atom stereocenters. The van der Waals surface area contributed by atoms with Gasteiger partial charge in [0.1, 0.15) is 11.4 Å². The first kappa shape index (κ1) is 20.7. The number of benzene rings is 2. The monoisotopic (exact) mass is 418 g/mol. The van der Waals surface area contributed by atoms with E-state index in [1.807, 2.05) is 31.2 Å². The molecule has 31 heavy (non-hydrogen) atoms. The highest BCUT2D eigenvalue weighted by Gasteiger charge is 2.28. The quantitative estimate of drug-likeness (QED) is 0.640. The Hall–Kier alpha value is -3.61. The number of fused-ring (bicyclic) bond motifs is 1. The van der Waals surface area contributed by atoms with Crippen molar-refractivity contribution in [3.05, 3.63) is 71.4 Å². The molecule has 0 bridgehead atoms. The average Bonchev–Trinajstić information content (AvgIpc) is 3.22. The number of rotatable bonds is 7. The summed E-state index contributed by atoms with van der Waals surface area (Å²) in [5, 5.41) is 7.47. The molecule has 2 heterocycles. The lowest BCUT2D eigenvalue weighted by molar-refractivity contribution is -0.121. The Kier molecular flexibility index (Phi) is 6.02. The van der Waals surface area contributed by atoms with Crippen LogP contribution in [0.3, 0.4) is 0 Å². The molecule has 1 N–H and O–H groups in total. The topological polar surface area (TPSA) is 76.5 Å². The van der Waals surface area contributed by atoms with Crippen molar-refractivity contribution in [2.75, 3.05) is 26.7 Å². The summed E-state index contributed by atoms with van der Waals surface area (Å²) in [5.41, 5.74) is 4.54. The molecule has 0 aliphatic carbocycles. The summed E-state index contributed by atoms with van der Waals surface area (Å²) in [6.07, 6.45) is 0.762. The molecule has 2 aromatic carbocycles. The van der Waals surface area contributed by atoms with Crippen LogP contribution in [0.4, 0.5) is 0 Å². The number of hydrogen-bond donors (Lipinski definition) is 1. The van der Waals surface area contributed by atoms with Crippen LogP contribution in [0, 0.1) is 6.92 Å². The van der Waals surface area contributed by atoms with E-state index in [9.17, 15) is 9.59 Å². The first-order valence-corrected chi connectivity index (χ1v) is 10.4. The number of ether oxygens (including phenoxy) is 1. The summed E-state index contributed by atoms with van der Waals surface area (Å²) in [4.78, 5) is 26.8. The molecular formula is C24H26N4O3. The van der Waals surface area contributed by atoms with E-state index in [4.69, 9.17) is 4.74 Å². The second kappa shape index (κ2) is 9.04. The van der Waals surface area contributed by atoms with Gasteiger partial charge in [-0.2, -0.15) is 5.10 Å². The maximum absolute atomic E-state index is 12.9. The summed E-state index contributed by atoms with van der Waals surface area (Å²) in [7, 11) is 1.62. The van der Waals surface area contributed by atoms with Gasteiger partial charge in [0.15, 0.2) is 0 Å². The van der Waals surface area contributed by atoms with Crippen LogP contribution >= 0.6 is 0 Å². The second-order valence-electron chi connectivity index (χ2n) is 7.68. The van der Waals surface area contributed by atoms with Gasteiger partial charge in [-0.15, -0.1) is 0 Å². The Morgan fingerprint density at radius 3 is 2.55 bits per heavy atom. The molecular weight excluding hydrogens is 392 g/mol. The van der Waals surface area contributed by atoms with Gasteiger partial charge in [-0.3, -0.25) is 14.3 Å². The van der Waals surface area contributed by atoms with Gasteiger partial charge in [-0.05, 0) is 49.2 Å². The second-order valence-corrected chi connectivity index (χ2v) is 7.68. The van der Waals surface area contributed by atoms with Crippen molar-refractivity contribution in [2.45, 2.75) is 19.9 Å². The number of aromatic nitrogens is 2. The Morgan fingerprint density at radius 2 is 1.84 bits per heavy atom. The molecule has 3 aromatic rings. The molecule has 2 amide bonds. The first-order chi connectivity index (χ1) is 15.0. The molecule has 160 valence electrons. The smallest absolute Gasteiger partial charge is 0.272 e. The number of amides is 2. The molecule has 0 unspecified atom stereocenters. The Labute approximate surface area is 181 Å². The lowest BCUT2D eigenvalue weighted by Gasteiger charge is -2.26. The molecule has 1 aliphatic rings. The van der Waals surface area contributed by atoms with Crippen LogP contribution in [0.2, 0.25) is 0 Å². The van der Waals surface area contributed by atoms with Crippen LogP contribution in [0.15, 0.2) is 54.6 Å². The molecule has 0 saturated heterocycles.